The fraction of sp³-hybridized carbons (Fsp3) is 0.250. The molecule has 0 amide bonds. The maximum Gasteiger partial charge on any atom is 0.457 e. The molecule has 2 N–H and O–H groups in total. The summed E-state index contributed by atoms with van der Waals surface area (Å²) >= 11 is 0. The van der Waals surface area contributed by atoms with Gasteiger partial charge in [0.15, 0.2) is 0 Å². The zero-order valence-electron chi connectivity index (χ0n) is 8.13. The molecule has 8 heteroatoms. The van der Waals surface area contributed by atoms with E-state index in [-0.39, 0.29) is 0 Å². The topological polar surface area (TPSA) is 76.0 Å². The van der Waals surface area contributed by atoms with Crippen LogP contribution in [0.25, 0.3) is 0 Å². The van der Waals surface area contributed by atoms with Gasteiger partial charge in [0.1, 0.15) is 0 Å². The third kappa shape index (κ3) is 2.14. The van der Waals surface area contributed by atoms with Crippen molar-refractivity contribution < 1.29 is 33.2 Å². The Balaban J connectivity index is 3.19. The summed E-state index contributed by atoms with van der Waals surface area (Å²) in [5.41, 5.74) is -4.14. The summed E-state index contributed by atoms with van der Waals surface area (Å²) in [6.45, 7) is 1.67. The van der Waals surface area contributed by atoms with Crippen molar-refractivity contribution in [2.24, 2.45) is 0 Å². The van der Waals surface area contributed by atoms with Crippen LogP contribution in [0.1, 0.15) is 11.1 Å². The second kappa shape index (κ2) is 4.57. The molecule has 90 valence electrons. The van der Waals surface area contributed by atoms with Crippen molar-refractivity contribution >= 4 is 7.60 Å². The highest BCUT2D eigenvalue weighted by Gasteiger charge is 2.56. The predicted molar refractivity (Wildman–Crippen MR) is 50.1 cm³/mol. The molecule has 0 aliphatic carbocycles. The average molecular weight is 254 g/mol. The van der Waals surface area contributed by atoms with Crippen molar-refractivity contribution in [3.05, 3.63) is 35.4 Å². The monoisotopic (exact) mass is 254 g/mol. The van der Waals surface area contributed by atoms with E-state index in [4.69, 9.17) is 10.5 Å². The average Bonchev–Trinajstić information content (AvgIpc) is 2.28. The smallest absolute Gasteiger partial charge is 0.248 e. The summed E-state index contributed by atoms with van der Waals surface area (Å²) in [5.74, 6) is 0. The maximum atomic E-state index is 13.5. The van der Waals surface area contributed by atoms with E-state index in [2.05, 4.69) is 9.35 Å². The lowest BCUT2D eigenvalue weighted by atomic mass is 10.2. The van der Waals surface area contributed by atoms with Gasteiger partial charge in [-0.05, 0) is 6.92 Å². The summed E-state index contributed by atoms with van der Waals surface area (Å²) < 4.78 is 44.3. The Labute approximate surface area is 89.6 Å². The number of aryl methyl sites for hydroxylation is 1. The lowest BCUT2D eigenvalue weighted by molar-refractivity contribution is -0.225. The minimum atomic E-state index is -5.34. The highest BCUT2D eigenvalue weighted by molar-refractivity contribution is 7.54. The molecule has 0 bridgehead atoms. The van der Waals surface area contributed by atoms with E-state index in [1.54, 1.807) is 6.92 Å². The van der Waals surface area contributed by atoms with Crippen LogP contribution in [0, 0.1) is 6.92 Å². The Hall–Kier alpha value is -0.850. The van der Waals surface area contributed by atoms with E-state index >= 15 is 0 Å². The van der Waals surface area contributed by atoms with Crippen LogP contribution >= 0.6 is 7.60 Å². The van der Waals surface area contributed by atoms with Gasteiger partial charge < -0.3 is 0 Å². The second-order valence-corrected chi connectivity index (χ2v) is 4.95. The molecule has 0 spiro atoms. The number of hydrogen-bond acceptors (Lipinski definition) is 5. The third-order valence-corrected chi connectivity index (χ3v) is 3.33. The summed E-state index contributed by atoms with van der Waals surface area (Å²) in [5, 5.41) is 16.2. The van der Waals surface area contributed by atoms with Crippen LogP contribution in [-0.2, 0) is 19.6 Å². The van der Waals surface area contributed by atoms with Crippen molar-refractivity contribution in [3.63, 3.8) is 0 Å². The maximum absolute atomic E-state index is 13.5. The zero-order valence-corrected chi connectivity index (χ0v) is 9.03. The molecule has 0 aromatic heterocycles. The van der Waals surface area contributed by atoms with Gasteiger partial charge in [-0.25, -0.2) is 15.1 Å². The van der Waals surface area contributed by atoms with Crippen LogP contribution < -0.4 is 0 Å². The number of rotatable bonds is 4. The Bertz CT molecular complexity index is 397. The van der Waals surface area contributed by atoms with Gasteiger partial charge in [0.05, 0.1) is 0 Å². The molecule has 0 atom stereocenters. The molecule has 0 radical (unpaired) electrons. The van der Waals surface area contributed by atoms with Crippen molar-refractivity contribution in [1.29, 1.82) is 0 Å². The summed E-state index contributed by atoms with van der Waals surface area (Å²) in [6, 6.07) is 4.67. The first kappa shape index (κ1) is 13.2. The Morgan fingerprint density at radius 3 is 2.00 bits per heavy atom. The van der Waals surface area contributed by atoms with Gasteiger partial charge in [-0.2, -0.15) is 8.78 Å². The zero-order chi connectivity index (χ0) is 12.4. The van der Waals surface area contributed by atoms with E-state index in [0.717, 1.165) is 12.1 Å². The van der Waals surface area contributed by atoms with Gasteiger partial charge in [0, 0.05) is 5.56 Å². The van der Waals surface area contributed by atoms with Crippen molar-refractivity contribution in [3.8, 4) is 0 Å². The molecule has 0 aliphatic rings. The lowest BCUT2D eigenvalue weighted by Gasteiger charge is -2.20. The highest BCUT2D eigenvalue weighted by atomic mass is 31.2. The Morgan fingerprint density at radius 1 is 1.19 bits per heavy atom. The first-order valence-corrected chi connectivity index (χ1v) is 5.63. The molecule has 0 fully saturated rings. The quantitative estimate of drug-likeness (QED) is 0.490. The fourth-order valence-electron chi connectivity index (χ4n) is 1.03. The molecule has 5 nitrogen and oxygen atoms in total. The standard InChI is InChI=1S/C8H9F2O5P/c1-6-2-4-7(5-3-6)8(9,10)16(13,14-11)15-12/h2-5,11-12H,1H3. The van der Waals surface area contributed by atoms with E-state index in [1.165, 1.54) is 12.1 Å². The van der Waals surface area contributed by atoms with Crippen molar-refractivity contribution in [2.75, 3.05) is 0 Å². The van der Waals surface area contributed by atoms with E-state index in [1.807, 2.05) is 0 Å². The van der Waals surface area contributed by atoms with Gasteiger partial charge in [-0.1, -0.05) is 29.8 Å². The largest absolute Gasteiger partial charge is 0.457 e. The Kier molecular flexibility index (Phi) is 3.77. The van der Waals surface area contributed by atoms with Gasteiger partial charge >= 0.3 is 13.3 Å². The van der Waals surface area contributed by atoms with Crippen molar-refractivity contribution in [2.45, 2.75) is 12.6 Å². The van der Waals surface area contributed by atoms with Crippen LogP contribution in [0.2, 0.25) is 0 Å². The molecule has 0 heterocycles. The molecule has 1 aromatic rings. The predicted octanol–water partition coefficient (Wildman–Crippen LogP) is 3.22. The minimum absolute atomic E-state index is 0.704. The fourth-order valence-corrected chi connectivity index (χ4v) is 1.73. The first-order chi connectivity index (χ1) is 7.37. The summed E-state index contributed by atoms with van der Waals surface area (Å²) in [4.78, 5) is 0. The van der Waals surface area contributed by atoms with Crippen LogP contribution in [0.3, 0.4) is 0 Å². The number of alkyl halides is 2. The molecule has 1 rings (SSSR count). The van der Waals surface area contributed by atoms with Crippen LogP contribution in [0.5, 0.6) is 0 Å². The second-order valence-electron chi connectivity index (χ2n) is 3.07. The van der Waals surface area contributed by atoms with Gasteiger partial charge in [-0.15, -0.1) is 9.35 Å². The molecule has 0 unspecified atom stereocenters. The molecular weight excluding hydrogens is 245 g/mol. The van der Waals surface area contributed by atoms with Crippen LogP contribution in [0.4, 0.5) is 8.78 Å². The summed E-state index contributed by atoms with van der Waals surface area (Å²) in [6.07, 6.45) is 0. The molecular formula is C8H9F2O5P. The Morgan fingerprint density at radius 2 is 1.62 bits per heavy atom. The van der Waals surface area contributed by atoms with Gasteiger partial charge in [-0.3, -0.25) is 0 Å². The van der Waals surface area contributed by atoms with E-state index in [0.29, 0.717) is 5.56 Å². The minimum Gasteiger partial charge on any atom is -0.248 e. The molecule has 0 saturated heterocycles. The van der Waals surface area contributed by atoms with E-state index < -0.39 is 18.8 Å². The molecule has 0 saturated carbocycles. The van der Waals surface area contributed by atoms with E-state index in [9.17, 15) is 13.3 Å². The SMILES string of the molecule is Cc1ccc(C(F)(F)P(=O)(OO)OO)cc1. The number of hydrogen-bond donors (Lipinski definition) is 2. The van der Waals surface area contributed by atoms with Crippen LogP contribution in [0.15, 0.2) is 24.3 Å². The van der Waals surface area contributed by atoms with Gasteiger partial charge in [0.2, 0.25) is 0 Å². The normalized spacial score (nSPS) is 12.8. The number of halogens is 2. The lowest BCUT2D eigenvalue weighted by Crippen LogP contribution is -2.16. The number of benzene rings is 1. The molecule has 0 aliphatic heterocycles. The van der Waals surface area contributed by atoms with Gasteiger partial charge in [0.25, 0.3) is 0 Å². The molecule has 16 heavy (non-hydrogen) atoms. The third-order valence-electron chi connectivity index (χ3n) is 1.96. The summed E-state index contributed by atoms with van der Waals surface area (Å²) in [7, 11) is -5.34. The van der Waals surface area contributed by atoms with Crippen LogP contribution in [-0.4, -0.2) is 10.5 Å². The molecule has 1 aromatic carbocycles. The first-order valence-electron chi connectivity index (χ1n) is 4.09. The highest BCUT2D eigenvalue weighted by Crippen LogP contribution is 2.65. The van der Waals surface area contributed by atoms with Crippen molar-refractivity contribution in [1.82, 2.24) is 0 Å².